The summed E-state index contributed by atoms with van der Waals surface area (Å²) < 4.78 is 5.30. The first-order valence-corrected chi connectivity index (χ1v) is 8.27. The molecule has 0 radical (unpaired) electrons. The van der Waals surface area contributed by atoms with Crippen LogP contribution in [0.15, 0.2) is 24.3 Å². The quantitative estimate of drug-likeness (QED) is 0.919. The van der Waals surface area contributed by atoms with Crippen LogP contribution < -0.4 is 10.1 Å². The van der Waals surface area contributed by atoms with Crippen molar-refractivity contribution >= 4 is 11.9 Å². The van der Waals surface area contributed by atoms with Gasteiger partial charge in [0.05, 0.1) is 13.5 Å². The maximum absolute atomic E-state index is 12.5. The monoisotopic (exact) mass is 333 g/mol. The molecule has 1 saturated heterocycles. The molecule has 2 rings (SSSR count). The van der Waals surface area contributed by atoms with Crippen LogP contribution in [0.25, 0.3) is 0 Å². The molecule has 3 amide bonds. The molecule has 0 unspecified atom stereocenters. The number of hydrogen-bond acceptors (Lipinski definition) is 3. The van der Waals surface area contributed by atoms with Crippen molar-refractivity contribution < 1.29 is 14.3 Å². The summed E-state index contributed by atoms with van der Waals surface area (Å²) >= 11 is 0. The molecule has 6 nitrogen and oxygen atoms in total. The van der Waals surface area contributed by atoms with Crippen LogP contribution >= 0.6 is 0 Å². The summed E-state index contributed by atoms with van der Waals surface area (Å²) in [5, 5.41) is 2.95. The zero-order valence-electron chi connectivity index (χ0n) is 15.0. The zero-order chi connectivity index (χ0) is 17.7. The molecule has 0 atom stereocenters. The summed E-state index contributed by atoms with van der Waals surface area (Å²) in [5.41, 5.74) is 0.631. The Bertz CT molecular complexity index is 587. The molecule has 6 heteroatoms. The number of amides is 3. The molecule has 1 fully saturated rings. The van der Waals surface area contributed by atoms with Gasteiger partial charge in [0, 0.05) is 37.3 Å². The van der Waals surface area contributed by atoms with E-state index in [9.17, 15) is 9.59 Å². The van der Waals surface area contributed by atoms with Crippen LogP contribution in [0.4, 0.5) is 4.79 Å². The van der Waals surface area contributed by atoms with Crippen LogP contribution in [0.2, 0.25) is 0 Å². The fourth-order valence-corrected chi connectivity index (χ4v) is 2.68. The van der Waals surface area contributed by atoms with E-state index in [-0.39, 0.29) is 17.5 Å². The molecule has 0 aromatic heterocycles. The molecular formula is C18H27N3O3. The lowest BCUT2D eigenvalue weighted by molar-refractivity contribution is -0.131. The lowest BCUT2D eigenvalue weighted by Gasteiger charge is -2.36. The smallest absolute Gasteiger partial charge is 0.317 e. The van der Waals surface area contributed by atoms with E-state index in [0.717, 1.165) is 11.3 Å². The van der Waals surface area contributed by atoms with Crippen molar-refractivity contribution in [2.24, 2.45) is 0 Å². The van der Waals surface area contributed by atoms with Gasteiger partial charge in [-0.15, -0.1) is 0 Å². The highest BCUT2D eigenvalue weighted by atomic mass is 16.5. The molecule has 0 saturated carbocycles. The van der Waals surface area contributed by atoms with Crippen LogP contribution in [0.5, 0.6) is 5.75 Å². The van der Waals surface area contributed by atoms with Crippen molar-refractivity contribution in [2.45, 2.75) is 32.7 Å². The number of ether oxygens (including phenoxy) is 1. The predicted molar refractivity (Wildman–Crippen MR) is 93.1 cm³/mol. The molecular weight excluding hydrogens is 306 g/mol. The Balaban J connectivity index is 1.88. The lowest BCUT2D eigenvalue weighted by atomic mass is 10.1. The highest BCUT2D eigenvalue weighted by Crippen LogP contribution is 2.19. The van der Waals surface area contributed by atoms with Crippen LogP contribution in [-0.2, 0) is 11.2 Å². The number of urea groups is 1. The SMILES string of the molecule is COc1ccccc1CC(=O)N1CCN(C(=O)NC(C)(C)C)CC1. The van der Waals surface area contributed by atoms with Gasteiger partial charge in [0.15, 0.2) is 0 Å². The molecule has 1 N–H and O–H groups in total. The first-order chi connectivity index (χ1) is 11.3. The Morgan fingerprint density at radius 2 is 1.67 bits per heavy atom. The Morgan fingerprint density at radius 3 is 2.25 bits per heavy atom. The second-order valence-corrected chi connectivity index (χ2v) is 7.04. The van der Waals surface area contributed by atoms with Crippen LogP contribution in [0.1, 0.15) is 26.3 Å². The van der Waals surface area contributed by atoms with Gasteiger partial charge in [-0.1, -0.05) is 18.2 Å². The van der Waals surface area contributed by atoms with E-state index in [0.29, 0.717) is 32.6 Å². The Hall–Kier alpha value is -2.24. The van der Waals surface area contributed by atoms with E-state index in [2.05, 4.69) is 5.32 Å². The summed E-state index contributed by atoms with van der Waals surface area (Å²) in [6.07, 6.45) is 0.318. The number of carbonyl (C=O) groups excluding carboxylic acids is 2. The van der Waals surface area contributed by atoms with Gasteiger partial charge in [-0.25, -0.2) is 4.79 Å². The molecule has 0 bridgehead atoms. The maximum atomic E-state index is 12.5. The number of benzene rings is 1. The summed E-state index contributed by atoms with van der Waals surface area (Å²) in [7, 11) is 1.61. The zero-order valence-corrected chi connectivity index (χ0v) is 15.0. The molecule has 1 aromatic rings. The molecule has 1 aliphatic rings. The standard InChI is InChI=1S/C18H27N3O3/c1-18(2,3)19-17(23)21-11-9-20(10-12-21)16(22)13-14-7-5-6-8-15(14)24-4/h5-8H,9-13H2,1-4H3,(H,19,23). The molecule has 132 valence electrons. The van der Waals surface area contributed by atoms with Gasteiger partial charge in [-0.3, -0.25) is 4.79 Å². The van der Waals surface area contributed by atoms with Crippen molar-refractivity contribution in [3.8, 4) is 5.75 Å². The van der Waals surface area contributed by atoms with Crippen LogP contribution in [0, 0.1) is 0 Å². The fourth-order valence-electron chi connectivity index (χ4n) is 2.68. The van der Waals surface area contributed by atoms with Crippen molar-refractivity contribution in [3.63, 3.8) is 0 Å². The first-order valence-electron chi connectivity index (χ1n) is 8.27. The average molecular weight is 333 g/mol. The molecule has 1 aliphatic heterocycles. The van der Waals surface area contributed by atoms with Gasteiger partial charge in [0.25, 0.3) is 0 Å². The van der Waals surface area contributed by atoms with Crippen molar-refractivity contribution in [1.82, 2.24) is 15.1 Å². The number of para-hydroxylation sites is 1. The van der Waals surface area contributed by atoms with E-state index in [1.807, 2.05) is 49.9 Å². The third-order valence-corrected chi connectivity index (χ3v) is 3.94. The van der Waals surface area contributed by atoms with E-state index in [4.69, 9.17) is 4.74 Å². The van der Waals surface area contributed by atoms with Crippen LogP contribution in [-0.4, -0.2) is 60.6 Å². The van der Waals surface area contributed by atoms with E-state index < -0.39 is 0 Å². The minimum atomic E-state index is -0.256. The minimum absolute atomic E-state index is 0.0652. The second-order valence-electron chi connectivity index (χ2n) is 7.04. The Morgan fingerprint density at radius 1 is 1.08 bits per heavy atom. The normalized spacial score (nSPS) is 15.2. The van der Waals surface area contributed by atoms with Gasteiger partial charge in [-0.05, 0) is 26.8 Å². The van der Waals surface area contributed by atoms with E-state index >= 15 is 0 Å². The fraction of sp³-hybridized carbons (Fsp3) is 0.556. The van der Waals surface area contributed by atoms with Crippen molar-refractivity contribution in [2.75, 3.05) is 33.3 Å². The second kappa shape index (κ2) is 7.55. The average Bonchev–Trinajstić information content (AvgIpc) is 2.54. The highest BCUT2D eigenvalue weighted by Gasteiger charge is 2.26. The highest BCUT2D eigenvalue weighted by molar-refractivity contribution is 5.80. The third kappa shape index (κ3) is 4.88. The number of nitrogens with zero attached hydrogens (tertiary/aromatic N) is 2. The van der Waals surface area contributed by atoms with Gasteiger partial charge in [0.2, 0.25) is 5.91 Å². The topological polar surface area (TPSA) is 61.9 Å². The predicted octanol–water partition coefficient (Wildman–Crippen LogP) is 1.89. The van der Waals surface area contributed by atoms with Gasteiger partial charge in [0.1, 0.15) is 5.75 Å². The van der Waals surface area contributed by atoms with E-state index in [1.165, 1.54) is 0 Å². The Kier molecular flexibility index (Phi) is 5.70. The number of carbonyl (C=O) groups is 2. The number of nitrogens with one attached hydrogen (secondary N) is 1. The first kappa shape index (κ1) is 18.1. The van der Waals surface area contributed by atoms with Gasteiger partial charge < -0.3 is 19.9 Å². The largest absolute Gasteiger partial charge is 0.496 e. The minimum Gasteiger partial charge on any atom is -0.496 e. The van der Waals surface area contributed by atoms with E-state index in [1.54, 1.807) is 12.0 Å². The number of piperazine rings is 1. The summed E-state index contributed by atoms with van der Waals surface area (Å²) in [6, 6.07) is 7.49. The molecule has 1 aromatic carbocycles. The van der Waals surface area contributed by atoms with Crippen molar-refractivity contribution in [1.29, 1.82) is 0 Å². The van der Waals surface area contributed by atoms with Crippen molar-refractivity contribution in [3.05, 3.63) is 29.8 Å². The summed E-state index contributed by atoms with van der Waals surface area (Å²) in [6.45, 7) is 8.10. The molecule has 0 spiro atoms. The number of hydrogen-bond donors (Lipinski definition) is 1. The maximum Gasteiger partial charge on any atom is 0.317 e. The number of rotatable bonds is 3. The molecule has 24 heavy (non-hydrogen) atoms. The number of methoxy groups -OCH3 is 1. The molecule has 0 aliphatic carbocycles. The lowest BCUT2D eigenvalue weighted by Crippen LogP contribution is -2.56. The molecule has 1 heterocycles. The third-order valence-electron chi connectivity index (χ3n) is 3.94. The van der Waals surface area contributed by atoms with Gasteiger partial charge in [-0.2, -0.15) is 0 Å². The summed E-state index contributed by atoms with van der Waals surface area (Å²) in [4.78, 5) is 28.2. The van der Waals surface area contributed by atoms with Gasteiger partial charge >= 0.3 is 6.03 Å². The summed E-state index contributed by atoms with van der Waals surface area (Å²) in [5.74, 6) is 0.796. The van der Waals surface area contributed by atoms with Crippen LogP contribution in [0.3, 0.4) is 0 Å². The Labute approximate surface area is 143 Å².